The van der Waals surface area contributed by atoms with E-state index in [1.807, 2.05) is 91.0 Å². The molecule has 0 N–H and O–H groups in total. The molecule has 1 fully saturated rings. The molecule has 198 valence electrons. The van der Waals surface area contributed by atoms with Crippen LogP contribution < -0.4 is 15.6 Å². The Morgan fingerprint density at radius 3 is 1.24 bits per heavy atom. The molecular weight excluding hydrogens is 573 g/mol. The molecule has 0 aromatic heterocycles. The third-order valence-electron chi connectivity index (χ3n) is 6.43. The van der Waals surface area contributed by atoms with E-state index in [1.54, 1.807) is 19.1 Å². The zero-order valence-corrected chi connectivity index (χ0v) is 26.4. The molecule has 1 heterocycles. The van der Waals surface area contributed by atoms with Crippen LogP contribution in [0.3, 0.4) is 0 Å². The summed E-state index contributed by atoms with van der Waals surface area (Å²) >= 11 is 0. The molecule has 4 nitrogen and oxygen atoms in total. The second kappa shape index (κ2) is 12.4. The SMILES string of the molecule is C#C/C=C\C=C(/C)[Si]1(C#C)O[Si](C#C)(c2ccccc2)O[Si](C#C)(c2ccccc2)O[Si](C#C)(c2ccccc2)O1. The normalized spacial score (nSPS) is 28.0. The van der Waals surface area contributed by atoms with Crippen LogP contribution in [0.1, 0.15) is 6.92 Å². The molecule has 1 aliphatic heterocycles. The van der Waals surface area contributed by atoms with E-state index in [-0.39, 0.29) is 0 Å². The lowest BCUT2D eigenvalue weighted by atomic mass is 10.4. The summed E-state index contributed by atoms with van der Waals surface area (Å²) < 4.78 is 28.1. The van der Waals surface area contributed by atoms with Crippen LogP contribution in [0.15, 0.2) is 114 Å². The smallest absolute Gasteiger partial charge is 0.390 e. The minimum atomic E-state index is -3.94. The lowest BCUT2D eigenvalue weighted by molar-refractivity contribution is 0.268. The lowest BCUT2D eigenvalue weighted by Crippen LogP contribution is -2.77. The fraction of sp³-hybridized carbons (Fsp3) is 0.0303. The molecule has 0 saturated carbocycles. The third-order valence-corrected chi connectivity index (χ3v) is 21.6. The van der Waals surface area contributed by atoms with Crippen LogP contribution in [-0.2, 0) is 16.5 Å². The van der Waals surface area contributed by atoms with Gasteiger partial charge in [-0.2, -0.15) is 0 Å². The molecule has 0 bridgehead atoms. The number of benzene rings is 3. The lowest BCUT2D eigenvalue weighted by Gasteiger charge is -2.47. The molecule has 0 spiro atoms. The number of rotatable bonds is 5. The molecule has 4 rings (SSSR count). The monoisotopic (exact) mass is 598 g/mol. The Bertz CT molecular complexity index is 1600. The highest BCUT2D eigenvalue weighted by atomic mass is 28.5. The van der Waals surface area contributed by atoms with Gasteiger partial charge in [0.25, 0.3) is 0 Å². The maximum absolute atomic E-state index is 7.03. The molecule has 8 heteroatoms. The number of hydrogen-bond acceptors (Lipinski definition) is 4. The van der Waals surface area contributed by atoms with Gasteiger partial charge in [-0.05, 0) is 18.2 Å². The highest BCUT2D eigenvalue weighted by Crippen LogP contribution is 2.33. The summed E-state index contributed by atoms with van der Waals surface area (Å²) in [6, 6.07) is 27.7. The van der Waals surface area contributed by atoms with E-state index < -0.39 is 34.2 Å². The standard InChI is InChI=1S/C33H26O4Si4/c1-7-12-16-23-30(6)38(8-2)34-39(9-3,31-24-17-13-18-25-31)36-41(11-5,33-28-21-15-22-29-33)37-40(10-4,35-38)32-26-19-14-20-27-32/h1-5,12-29H,6H3/b16-12-,30-23+. The predicted octanol–water partition coefficient (Wildman–Crippen LogP) is 2.92. The van der Waals surface area contributed by atoms with Gasteiger partial charge in [-0.25, -0.2) is 0 Å². The Labute approximate surface area is 247 Å². The van der Waals surface area contributed by atoms with Gasteiger partial charge in [-0.3, -0.25) is 0 Å². The largest absolute Gasteiger partial charge is 0.442 e. The molecule has 0 amide bonds. The van der Waals surface area contributed by atoms with Crippen molar-refractivity contribution in [2.24, 2.45) is 0 Å². The fourth-order valence-electron chi connectivity index (χ4n) is 4.34. The van der Waals surface area contributed by atoms with Crippen LogP contribution in [0.5, 0.6) is 0 Å². The Morgan fingerprint density at radius 1 is 0.561 bits per heavy atom. The quantitative estimate of drug-likeness (QED) is 0.257. The molecule has 1 aliphatic rings. The van der Waals surface area contributed by atoms with Crippen molar-refractivity contribution in [3.05, 3.63) is 114 Å². The molecule has 2 atom stereocenters. The van der Waals surface area contributed by atoms with Crippen molar-refractivity contribution in [1.82, 2.24) is 0 Å². The van der Waals surface area contributed by atoms with Gasteiger partial charge in [0.15, 0.2) is 0 Å². The van der Waals surface area contributed by atoms with Gasteiger partial charge in [0.05, 0.1) is 0 Å². The van der Waals surface area contributed by atoms with Crippen molar-refractivity contribution < 1.29 is 16.5 Å². The first kappa shape index (κ1) is 29.6. The Balaban J connectivity index is 2.11. The topological polar surface area (TPSA) is 36.9 Å². The maximum atomic E-state index is 7.03. The van der Waals surface area contributed by atoms with Crippen LogP contribution in [0.2, 0.25) is 0 Å². The van der Waals surface area contributed by atoms with Crippen LogP contribution in [0.25, 0.3) is 0 Å². The Hall–Kier alpha value is -4.35. The van der Waals surface area contributed by atoms with Crippen molar-refractivity contribution in [3.63, 3.8) is 0 Å². The van der Waals surface area contributed by atoms with Crippen molar-refractivity contribution in [2.45, 2.75) is 6.92 Å². The molecular formula is C33H26O4Si4. The second-order valence-corrected chi connectivity index (χ2v) is 20.8. The molecule has 1 saturated heterocycles. The average Bonchev–Trinajstić information content (AvgIpc) is 3.03. The zero-order valence-electron chi connectivity index (χ0n) is 22.4. The first-order valence-corrected chi connectivity index (χ1v) is 19.8. The zero-order chi connectivity index (χ0) is 29.4. The molecule has 0 radical (unpaired) electrons. The summed E-state index contributed by atoms with van der Waals surface area (Å²) in [4.78, 5) is 0. The molecule has 0 aliphatic carbocycles. The highest BCUT2D eigenvalue weighted by Gasteiger charge is 2.65. The van der Waals surface area contributed by atoms with E-state index >= 15 is 0 Å². The summed E-state index contributed by atoms with van der Waals surface area (Å²) in [6.07, 6.45) is 35.7. The summed E-state index contributed by atoms with van der Waals surface area (Å²) in [5, 5.41) is 2.50. The first-order chi connectivity index (χ1) is 19.9. The van der Waals surface area contributed by atoms with Gasteiger partial charge in [-0.1, -0.05) is 131 Å². The van der Waals surface area contributed by atoms with E-state index in [0.717, 1.165) is 0 Å². The molecule has 2 unspecified atom stereocenters. The minimum Gasteiger partial charge on any atom is -0.390 e. The summed E-state index contributed by atoms with van der Waals surface area (Å²) in [5.74, 6) is 2.47. The van der Waals surface area contributed by atoms with Crippen LogP contribution in [0.4, 0.5) is 0 Å². The van der Waals surface area contributed by atoms with E-state index in [9.17, 15) is 0 Å². The molecule has 3 aromatic rings. The van der Waals surface area contributed by atoms with Crippen molar-refractivity contribution in [1.29, 1.82) is 0 Å². The number of allylic oxidation sites excluding steroid dienone is 4. The molecule has 3 aromatic carbocycles. The van der Waals surface area contributed by atoms with Crippen LogP contribution >= 0.6 is 0 Å². The fourth-order valence-corrected chi connectivity index (χ4v) is 21.9. The first-order valence-electron chi connectivity index (χ1n) is 12.6. The predicted molar refractivity (Wildman–Crippen MR) is 173 cm³/mol. The molecule has 41 heavy (non-hydrogen) atoms. The van der Waals surface area contributed by atoms with Gasteiger partial charge >= 0.3 is 34.2 Å². The van der Waals surface area contributed by atoms with Crippen molar-refractivity contribution >= 4 is 49.8 Å². The average molecular weight is 599 g/mol. The number of terminal acetylenes is 5. The van der Waals surface area contributed by atoms with Crippen molar-refractivity contribution in [3.8, 4) is 60.2 Å². The van der Waals surface area contributed by atoms with Gasteiger partial charge in [-0.15, -0.1) is 32.1 Å². The van der Waals surface area contributed by atoms with Gasteiger partial charge in [0, 0.05) is 15.6 Å². The van der Waals surface area contributed by atoms with E-state index in [1.165, 1.54) is 6.08 Å². The third kappa shape index (κ3) is 5.63. The second-order valence-electron chi connectivity index (χ2n) is 8.93. The Morgan fingerprint density at radius 2 is 0.927 bits per heavy atom. The van der Waals surface area contributed by atoms with Gasteiger partial charge in [0.2, 0.25) is 0 Å². The van der Waals surface area contributed by atoms with Crippen LogP contribution in [0, 0.1) is 60.2 Å². The van der Waals surface area contributed by atoms with E-state index in [4.69, 9.17) is 48.6 Å². The summed E-state index contributed by atoms with van der Waals surface area (Å²) in [7, 11) is -15.7. The van der Waals surface area contributed by atoms with E-state index in [2.05, 4.69) is 28.1 Å². The summed E-state index contributed by atoms with van der Waals surface area (Å²) in [6.45, 7) is 1.80. The van der Waals surface area contributed by atoms with Crippen LogP contribution in [-0.4, -0.2) is 34.2 Å². The van der Waals surface area contributed by atoms with E-state index in [0.29, 0.717) is 20.8 Å². The van der Waals surface area contributed by atoms with Gasteiger partial charge < -0.3 is 16.5 Å². The maximum Gasteiger partial charge on any atom is 0.442 e. The summed E-state index contributed by atoms with van der Waals surface area (Å²) in [5.41, 5.74) is 11.4. The minimum absolute atomic E-state index is 0.597. The highest BCUT2D eigenvalue weighted by molar-refractivity contribution is 7.11. The van der Waals surface area contributed by atoms with Gasteiger partial charge in [0.1, 0.15) is 0 Å². The Kier molecular flexibility index (Phi) is 8.99. The van der Waals surface area contributed by atoms with Crippen molar-refractivity contribution in [2.75, 3.05) is 0 Å². The number of hydrogen-bond donors (Lipinski definition) is 0.